The topological polar surface area (TPSA) is 89.9 Å². The van der Waals surface area contributed by atoms with Gasteiger partial charge >= 0.3 is 6.03 Å². The zero-order chi connectivity index (χ0) is 23.3. The molecule has 1 aliphatic rings. The second-order valence-corrected chi connectivity index (χ2v) is 9.25. The van der Waals surface area contributed by atoms with Gasteiger partial charge in [0.25, 0.3) is 0 Å². The van der Waals surface area contributed by atoms with Gasteiger partial charge in [0.15, 0.2) is 16.9 Å². The summed E-state index contributed by atoms with van der Waals surface area (Å²) in [5.41, 5.74) is 2.96. The molecule has 2 aromatic rings. The third-order valence-electron chi connectivity index (χ3n) is 5.53. The Morgan fingerprint density at radius 2 is 1.91 bits per heavy atom. The van der Waals surface area contributed by atoms with Crippen LogP contribution in [0.2, 0.25) is 0 Å². The smallest absolute Gasteiger partial charge is 0.325 e. The fourth-order valence-corrected chi connectivity index (χ4v) is 4.79. The Hall–Kier alpha value is -2.94. The van der Waals surface area contributed by atoms with Crippen molar-refractivity contribution in [2.24, 2.45) is 10.9 Å². The van der Waals surface area contributed by atoms with Gasteiger partial charge in [-0.1, -0.05) is 24.5 Å². The van der Waals surface area contributed by atoms with Crippen molar-refractivity contribution in [3.05, 3.63) is 40.4 Å². The summed E-state index contributed by atoms with van der Waals surface area (Å²) in [6.45, 7) is 2.52. The minimum absolute atomic E-state index is 0.0534. The van der Waals surface area contributed by atoms with E-state index in [2.05, 4.69) is 20.6 Å². The molecule has 1 aliphatic carbocycles. The van der Waals surface area contributed by atoms with E-state index in [9.17, 15) is 9.59 Å². The molecule has 0 unspecified atom stereocenters. The average molecular weight is 457 g/mol. The van der Waals surface area contributed by atoms with Crippen LogP contribution < -0.4 is 10.6 Å². The number of nitrogens with one attached hydrogen (secondary N) is 2. The molecule has 1 saturated carbocycles. The van der Waals surface area contributed by atoms with Crippen LogP contribution in [0, 0.1) is 12.8 Å². The van der Waals surface area contributed by atoms with E-state index in [1.165, 1.54) is 11.3 Å². The number of hydrogen-bond donors (Lipinski definition) is 2. The molecular weight excluding hydrogens is 424 g/mol. The summed E-state index contributed by atoms with van der Waals surface area (Å²) in [6.07, 6.45) is 4.03. The third kappa shape index (κ3) is 5.85. The minimum Gasteiger partial charge on any atom is -0.349 e. The molecule has 0 atom stereocenters. The summed E-state index contributed by atoms with van der Waals surface area (Å²) in [5.74, 6) is 1.01. The van der Waals surface area contributed by atoms with Crippen molar-refractivity contribution in [1.29, 1.82) is 0 Å². The molecule has 8 nitrogen and oxygen atoms in total. The van der Waals surface area contributed by atoms with E-state index >= 15 is 0 Å². The Labute approximate surface area is 193 Å². The van der Waals surface area contributed by atoms with Crippen LogP contribution in [-0.2, 0) is 6.54 Å². The predicted molar refractivity (Wildman–Crippen MR) is 131 cm³/mol. The zero-order valence-corrected chi connectivity index (χ0v) is 20.3. The van der Waals surface area contributed by atoms with Gasteiger partial charge < -0.3 is 15.1 Å². The van der Waals surface area contributed by atoms with E-state index < -0.39 is 6.03 Å². The normalized spacial score (nSPS) is 14.3. The Bertz CT molecular complexity index is 994. The predicted octanol–water partition coefficient (Wildman–Crippen LogP) is 4.45. The first-order chi connectivity index (χ1) is 15.3. The van der Waals surface area contributed by atoms with Crippen LogP contribution in [0.25, 0.3) is 0 Å². The fourth-order valence-electron chi connectivity index (χ4n) is 4.09. The fraction of sp³-hybridized carbons (Fsp3) is 0.478. The highest BCUT2D eigenvalue weighted by molar-refractivity contribution is 7.13. The maximum atomic E-state index is 13.0. The number of anilines is 2. The maximum Gasteiger partial charge on any atom is 0.325 e. The summed E-state index contributed by atoms with van der Waals surface area (Å²) in [6, 6.07) is 5.15. The molecule has 2 amide bonds. The molecular formula is C23H32N6O2S. The average Bonchev–Trinajstić information content (AvgIpc) is 3.41. The number of carbonyl (C=O) groups is 2. The number of rotatable bonds is 6. The molecule has 0 bridgehead atoms. The van der Waals surface area contributed by atoms with Crippen molar-refractivity contribution in [1.82, 2.24) is 14.8 Å². The zero-order valence-electron chi connectivity index (χ0n) is 19.4. The van der Waals surface area contributed by atoms with Crippen LogP contribution in [0.4, 0.5) is 15.6 Å². The molecule has 1 fully saturated rings. The van der Waals surface area contributed by atoms with E-state index in [1.54, 1.807) is 13.1 Å². The van der Waals surface area contributed by atoms with E-state index in [0.717, 1.165) is 42.9 Å². The molecule has 2 N–H and O–H groups in total. The van der Waals surface area contributed by atoms with Crippen LogP contribution in [0.3, 0.4) is 0 Å². The quantitative estimate of drug-likeness (QED) is 0.381. The van der Waals surface area contributed by atoms with Crippen LogP contribution in [-0.4, -0.2) is 60.7 Å². The van der Waals surface area contributed by atoms with Crippen LogP contribution >= 0.6 is 11.3 Å². The molecule has 172 valence electrons. The summed E-state index contributed by atoms with van der Waals surface area (Å²) in [4.78, 5) is 38.3. The third-order valence-corrected chi connectivity index (χ3v) is 6.33. The van der Waals surface area contributed by atoms with Crippen molar-refractivity contribution >= 4 is 39.9 Å². The van der Waals surface area contributed by atoms with Crippen molar-refractivity contribution in [2.45, 2.75) is 39.2 Å². The number of ketones is 1. The summed E-state index contributed by atoms with van der Waals surface area (Å²) >= 11 is 1.36. The van der Waals surface area contributed by atoms with Crippen LogP contribution in [0.15, 0.2) is 28.6 Å². The first-order valence-electron chi connectivity index (χ1n) is 10.8. The number of urea groups is 1. The van der Waals surface area contributed by atoms with Gasteiger partial charge in [-0.25, -0.2) is 9.78 Å². The lowest BCUT2D eigenvalue weighted by atomic mass is 9.94. The SMILES string of the molecule is CN=C(N(C)C)N(C)Cc1csc(NC(=O)Nc2ccc(C)cc2C(=O)C2CCCC2)n1. The number of aryl methyl sites for hydroxylation is 1. The first kappa shape index (κ1) is 23.7. The summed E-state index contributed by atoms with van der Waals surface area (Å²) < 4.78 is 0. The summed E-state index contributed by atoms with van der Waals surface area (Å²) in [7, 11) is 7.57. The van der Waals surface area contributed by atoms with Gasteiger partial charge in [-0.05, 0) is 31.9 Å². The molecule has 1 heterocycles. The van der Waals surface area contributed by atoms with Crippen LogP contribution in [0.1, 0.15) is 47.3 Å². The number of thiazole rings is 1. The van der Waals surface area contributed by atoms with Crippen molar-refractivity contribution in [3.63, 3.8) is 0 Å². The maximum absolute atomic E-state index is 13.0. The van der Waals surface area contributed by atoms with Crippen molar-refractivity contribution in [2.75, 3.05) is 38.8 Å². The molecule has 0 saturated heterocycles. The van der Waals surface area contributed by atoms with Crippen molar-refractivity contribution < 1.29 is 9.59 Å². The number of Topliss-reactive ketones (excluding diaryl/α,β-unsaturated/α-hetero) is 1. The Balaban J connectivity index is 1.65. The largest absolute Gasteiger partial charge is 0.349 e. The van der Waals surface area contributed by atoms with Gasteiger partial charge in [-0.2, -0.15) is 0 Å². The Kier molecular flexibility index (Phi) is 7.84. The number of hydrogen-bond acceptors (Lipinski definition) is 5. The van der Waals surface area contributed by atoms with E-state index in [0.29, 0.717) is 22.9 Å². The lowest BCUT2D eigenvalue weighted by Crippen LogP contribution is -2.37. The molecule has 0 radical (unpaired) electrons. The van der Waals surface area contributed by atoms with Crippen LogP contribution in [0.5, 0.6) is 0 Å². The van der Waals surface area contributed by atoms with Gasteiger partial charge in [0.05, 0.1) is 17.9 Å². The second-order valence-electron chi connectivity index (χ2n) is 8.39. The highest BCUT2D eigenvalue weighted by atomic mass is 32.1. The van der Waals surface area contributed by atoms with Gasteiger partial charge in [0.1, 0.15) is 0 Å². The molecule has 1 aromatic heterocycles. The second kappa shape index (κ2) is 10.6. The van der Waals surface area contributed by atoms with Gasteiger partial charge in [0, 0.05) is 45.1 Å². The highest BCUT2D eigenvalue weighted by Crippen LogP contribution is 2.31. The molecule has 0 spiro atoms. The monoisotopic (exact) mass is 456 g/mol. The number of carbonyl (C=O) groups excluding carboxylic acids is 2. The molecule has 0 aliphatic heterocycles. The van der Waals surface area contributed by atoms with E-state index in [4.69, 9.17) is 0 Å². The number of aromatic nitrogens is 1. The van der Waals surface area contributed by atoms with Crippen molar-refractivity contribution in [3.8, 4) is 0 Å². The molecule has 3 rings (SSSR count). The number of guanidine groups is 1. The van der Waals surface area contributed by atoms with Gasteiger partial charge in [-0.3, -0.25) is 15.1 Å². The molecule has 1 aromatic carbocycles. The number of amides is 2. The van der Waals surface area contributed by atoms with Gasteiger partial charge in [-0.15, -0.1) is 11.3 Å². The Morgan fingerprint density at radius 3 is 2.56 bits per heavy atom. The molecule has 9 heteroatoms. The lowest BCUT2D eigenvalue weighted by Gasteiger charge is -2.25. The molecule has 32 heavy (non-hydrogen) atoms. The number of aliphatic imine (C=N–C) groups is 1. The standard InChI is InChI=1S/C23H32N6O2S/c1-15-10-11-19(18(12-15)20(30)16-8-6-7-9-16)26-21(31)27-22-25-17(14-32-22)13-29(5)23(24-2)28(3)4/h10-12,14,16H,6-9,13H2,1-5H3,(H2,25,26,27,31). The number of nitrogens with zero attached hydrogens (tertiary/aromatic N) is 4. The Morgan fingerprint density at radius 1 is 1.19 bits per heavy atom. The van der Waals surface area contributed by atoms with Gasteiger partial charge in [0.2, 0.25) is 0 Å². The van der Waals surface area contributed by atoms with E-state index in [1.807, 2.05) is 55.4 Å². The van der Waals surface area contributed by atoms with E-state index in [-0.39, 0.29) is 11.7 Å². The lowest BCUT2D eigenvalue weighted by molar-refractivity contribution is 0.0923. The number of benzene rings is 1. The highest BCUT2D eigenvalue weighted by Gasteiger charge is 2.26. The minimum atomic E-state index is -0.410. The first-order valence-corrected chi connectivity index (χ1v) is 11.7. The summed E-state index contributed by atoms with van der Waals surface area (Å²) in [5, 5.41) is 8.04.